The molecule has 1 aliphatic heterocycles. The van der Waals surface area contributed by atoms with Crippen LogP contribution in [0.15, 0.2) is 12.1 Å². The molecular weight excluding hydrogens is 412 g/mol. The van der Waals surface area contributed by atoms with E-state index in [1.807, 2.05) is 23.5 Å². The SMILES string of the molecule is C#CCOc1cc([N+](=O)[O-])c(C(=O)N2CCC[C@H]2C(SCC)SCC)cc1OC. The molecule has 1 aromatic carbocycles. The second-order valence-corrected chi connectivity index (χ2v) is 9.39. The van der Waals surface area contributed by atoms with E-state index in [-0.39, 0.29) is 45.9 Å². The van der Waals surface area contributed by atoms with Gasteiger partial charge in [0.05, 0.1) is 28.7 Å². The summed E-state index contributed by atoms with van der Waals surface area (Å²) in [5.74, 6) is 4.25. The molecule has 0 aromatic heterocycles. The second kappa shape index (κ2) is 11.2. The van der Waals surface area contributed by atoms with Crippen molar-refractivity contribution in [1.29, 1.82) is 0 Å². The van der Waals surface area contributed by atoms with Crippen molar-refractivity contribution in [2.24, 2.45) is 0 Å². The molecule has 1 saturated heterocycles. The highest BCUT2D eigenvalue weighted by Crippen LogP contribution is 2.39. The van der Waals surface area contributed by atoms with Gasteiger partial charge in [-0.05, 0) is 24.3 Å². The van der Waals surface area contributed by atoms with Crippen LogP contribution in [0.3, 0.4) is 0 Å². The molecule has 2 rings (SSSR count). The van der Waals surface area contributed by atoms with Gasteiger partial charge in [0.2, 0.25) is 0 Å². The molecule has 9 heteroatoms. The standard InChI is InChI=1S/C20H26N2O5S2/c1-5-11-27-18-13-16(22(24)25)14(12-17(18)26-4)19(23)21-10-8-9-15(21)20(28-6-2)29-7-3/h1,12-13,15,20H,6-11H2,2-4H3/t15-/m0/s1. The minimum absolute atomic E-state index is 0.00792. The van der Waals surface area contributed by atoms with E-state index >= 15 is 0 Å². The van der Waals surface area contributed by atoms with Crippen molar-refractivity contribution in [3.05, 3.63) is 27.8 Å². The second-order valence-electron chi connectivity index (χ2n) is 6.26. The van der Waals surface area contributed by atoms with Gasteiger partial charge in [0, 0.05) is 12.6 Å². The lowest BCUT2D eigenvalue weighted by Crippen LogP contribution is -2.41. The maximum atomic E-state index is 13.4. The zero-order chi connectivity index (χ0) is 21.4. The van der Waals surface area contributed by atoms with Crippen molar-refractivity contribution < 1.29 is 19.2 Å². The lowest BCUT2D eigenvalue weighted by Gasteiger charge is -2.31. The van der Waals surface area contributed by atoms with Gasteiger partial charge in [-0.3, -0.25) is 14.9 Å². The third kappa shape index (κ3) is 5.52. The fraction of sp³-hybridized carbons (Fsp3) is 0.550. The van der Waals surface area contributed by atoms with Gasteiger partial charge in [-0.1, -0.05) is 19.8 Å². The van der Waals surface area contributed by atoms with E-state index in [2.05, 4.69) is 19.8 Å². The molecule has 0 aliphatic carbocycles. The van der Waals surface area contributed by atoms with Crippen molar-refractivity contribution >= 4 is 35.1 Å². The fourth-order valence-corrected chi connectivity index (χ4v) is 6.21. The van der Waals surface area contributed by atoms with Gasteiger partial charge in [0.15, 0.2) is 11.5 Å². The van der Waals surface area contributed by atoms with E-state index < -0.39 is 4.92 Å². The Morgan fingerprint density at radius 3 is 2.62 bits per heavy atom. The molecule has 0 spiro atoms. The van der Waals surface area contributed by atoms with Crippen LogP contribution in [0.5, 0.6) is 11.5 Å². The van der Waals surface area contributed by atoms with Crippen LogP contribution in [-0.2, 0) is 0 Å². The smallest absolute Gasteiger partial charge is 0.286 e. The number of hydrogen-bond donors (Lipinski definition) is 0. The first-order valence-corrected chi connectivity index (χ1v) is 11.5. The summed E-state index contributed by atoms with van der Waals surface area (Å²) in [6.07, 6.45) is 6.98. The van der Waals surface area contributed by atoms with Crippen LogP contribution < -0.4 is 9.47 Å². The van der Waals surface area contributed by atoms with E-state index in [1.54, 1.807) is 4.90 Å². The van der Waals surface area contributed by atoms with Gasteiger partial charge in [0.1, 0.15) is 12.2 Å². The Kier molecular flexibility index (Phi) is 8.99. The number of methoxy groups -OCH3 is 1. The Balaban J connectivity index is 2.42. The molecule has 1 aromatic rings. The normalized spacial score (nSPS) is 16.0. The first-order chi connectivity index (χ1) is 14.0. The Morgan fingerprint density at radius 1 is 1.38 bits per heavy atom. The number of terminal acetylenes is 1. The van der Waals surface area contributed by atoms with Crippen LogP contribution in [0, 0.1) is 22.5 Å². The first-order valence-electron chi connectivity index (χ1n) is 9.45. The predicted molar refractivity (Wildman–Crippen MR) is 118 cm³/mol. The van der Waals surface area contributed by atoms with Crippen LogP contribution in [0.25, 0.3) is 0 Å². The number of thioether (sulfide) groups is 2. The fourth-order valence-electron chi connectivity index (χ4n) is 3.34. The van der Waals surface area contributed by atoms with E-state index in [0.717, 1.165) is 24.3 Å². The van der Waals surface area contributed by atoms with Crippen LogP contribution >= 0.6 is 23.5 Å². The predicted octanol–water partition coefficient (Wildman–Crippen LogP) is 4.05. The molecule has 1 fully saturated rings. The van der Waals surface area contributed by atoms with E-state index in [4.69, 9.17) is 15.9 Å². The summed E-state index contributed by atoms with van der Waals surface area (Å²) in [5.41, 5.74) is -0.301. The number of carbonyl (C=O) groups is 1. The number of nitro groups is 1. The number of carbonyl (C=O) groups excluding carboxylic acids is 1. The number of ether oxygens (including phenoxy) is 2. The first kappa shape index (κ1) is 23.2. The van der Waals surface area contributed by atoms with Crippen LogP contribution in [0.1, 0.15) is 37.0 Å². The highest BCUT2D eigenvalue weighted by atomic mass is 32.2. The van der Waals surface area contributed by atoms with Crippen molar-refractivity contribution in [3.63, 3.8) is 0 Å². The van der Waals surface area contributed by atoms with Crippen molar-refractivity contribution in [3.8, 4) is 23.8 Å². The molecule has 7 nitrogen and oxygen atoms in total. The molecule has 1 atom stereocenters. The third-order valence-electron chi connectivity index (χ3n) is 4.56. The van der Waals surface area contributed by atoms with Crippen molar-refractivity contribution in [1.82, 2.24) is 4.90 Å². The van der Waals surface area contributed by atoms with Gasteiger partial charge < -0.3 is 14.4 Å². The summed E-state index contributed by atoms with van der Waals surface area (Å²) >= 11 is 3.63. The van der Waals surface area contributed by atoms with Crippen molar-refractivity contribution in [2.45, 2.75) is 37.3 Å². The number of hydrogen-bond acceptors (Lipinski definition) is 7. The van der Waals surface area contributed by atoms with Gasteiger partial charge in [-0.2, -0.15) is 0 Å². The number of amides is 1. The number of benzene rings is 1. The highest BCUT2D eigenvalue weighted by molar-refractivity contribution is 8.17. The van der Waals surface area contributed by atoms with Crippen LogP contribution in [0.4, 0.5) is 5.69 Å². The van der Waals surface area contributed by atoms with Gasteiger partial charge in [0.25, 0.3) is 11.6 Å². The topological polar surface area (TPSA) is 81.9 Å². The monoisotopic (exact) mass is 438 g/mol. The average Bonchev–Trinajstić information content (AvgIpc) is 3.20. The number of rotatable bonds is 10. The van der Waals surface area contributed by atoms with E-state index in [0.29, 0.717) is 6.54 Å². The van der Waals surface area contributed by atoms with E-state index in [1.165, 1.54) is 19.2 Å². The molecule has 0 bridgehead atoms. The minimum atomic E-state index is -0.570. The summed E-state index contributed by atoms with van der Waals surface area (Å²) in [5, 5.41) is 11.7. The summed E-state index contributed by atoms with van der Waals surface area (Å²) < 4.78 is 10.9. The number of nitrogens with zero attached hydrogens (tertiary/aromatic N) is 2. The Morgan fingerprint density at radius 2 is 2.07 bits per heavy atom. The Labute approximate surface area is 180 Å². The van der Waals surface area contributed by atoms with Gasteiger partial charge in [-0.15, -0.1) is 29.9 Å². The molecule has 0 radical (unpaired) electrons. The largest absolute Gasteiger partial charge is 0.493 e. The summed E-state index contributed by atoms with van der Waals surface area (Å²) in [4.78, 5) is 26.2. The van der Waals surface area contributed by atoms with E-state index in [9.17, 15) is 14.9 Å². The van der Waals surface area contributed by atoms with Gasteiger partial charge >= 0.3 is 0 Å². The molecular formula is C20H26N2O5S2. The lowest BCUT2D eigenvalue weighted by atomic mass is 10.1. The molecule has 1 amide bonds. The summed E-state index contributed by atoms with van der Waals surface area (Å²) in [6, 6.07) is 2.64. The minimum Gasteiger partial charge on any atom is -0.493 e. The van der Waals surface area contributed by atoms with Crippen LogP contribution in [-0.4, -0.2) is 58.1 Å². The molecule has 1 aliphatic rings. The maximum Gasteiger partial charge on any atom is 0.286 e. The molecule has 158 valence electrons. The Hall–Kier alpha value is -2.05. The number of likely N-dealkylation sites (tertiary alicyclic amines) is 1. The quantitative estimate of drug-likeness (QED) is 0.236. The van der Waals surface area contributed by atoms with Crippen molar-refractivity contribution in [2.75, 3.05) is 31.8 Å². The molecule has 0 unspecified atom stereocenters. The lowest BCUT2D eigenvalue weighted by molar-refractivity contribution is -0.385. The Bertz CT molecular complexity index is 775. The molecule has 0 N–H and O–H groups in total. The average molecular weight is 439 g/mol. The summed E-state index contributed by atoms with van der Waals surface area (Å²) in [7, 11) is 1.42. The molecule has 29 heavy (non-hydrogen) atoms. The van der Waals surface area contributed by atoms with Gasteiger partial charge in [-0.25, -0.2) is 0 Å². The molecule has 1 heterocycles. The number of nitro benzene ring substituents is 1. The highest BCUT2D eigenvalue weighted by Gasteiger charge is 2.38. The maximum absolute atomic E-state index is 13.4. The zero-order valence-corrected chi connectivity index (χ0v) is 18.5. The summed E-state index contributed by atoms with van der Waals surface area (Å²) in [6.45, 7) is 4.72. The zero-order valence-electron chi connectivity index (χ0n) is 16.9. The van der Waals surface area contributed by atoms with Crippen LogP contribution in [0.2, 0.25) is 0 Å². The molecule has 0 saturated carbocycles. The third-order valence-corrected chi connectivity index (χ3v) is 7.32.